The number of methoxy groups -OCH3 is 1. The Kier molecular flexibility index (Phi) is 5.73. The largest absolute Gasteiger partial charge is 0.493 e. The van der Waals surface area contributed by atoms with Gasteiger partial charge in [0.05, 0.1) is 7.11 Å². The molecule has 1 saturated heterocycles. The van der Waals surface area contributed by atoms with Crippen molar-refractivity contribution in [2.24, 2.45) is 0 Å². The number of ether oxygens (including phenoxy) is 2. The Hall–Kier alpha value is -3.65. The van der Waals surface area contributed by atoms with Crippen LogP contribution in [0.1, 0.15) is 11.1 Å². The molecular weight excluding hydrogens is 464 g/mol. The zero-order valence-electron chi connectivity index (χ0n) is 16.4. The molecule has 1 aliphatic heterocycles. The summed E-state index contributed by atoms with van der Waals surface area (Å²) < 4.78 is 12.1. The first-order valence-electron chi connectivity index (χ1n) is 9.31. The van der Waals surface area contributed by atoms with Gasteiger partial charge in [0, 0.05) is 4.47 Å². The van der Waals surface area contributed by atoms with Crippen LogP contribution in [0, 0.1) is 0 Å². The number of hydrogen-bond donors (Lipinski definition) is 2. The molecule has 7 nitrogen and oxygen atoms in total. The van der Waals surface area contributed by atoms with Gasteiger partial charge < -0.3 is 9.47 Å². The number of halogens is 1. The molecule has 2 N–H and O–H groups in total. The summed E-state index contributed by atoms with van der Waals surface area (Å²) in [6.45, 7) is 0.331. The average molecular weight is 481 g/mol. The lowest BCUT2D eigenvalue weighted by Crippen LogP contribution is -2.51. The number of carbonyl (C=O) groups excluding carboxylic acids is 3. The van der Waals surface area contributed by atoms with E-state index in [4.69, 9.17) is 9.47 Å². The third kappa shape index (κ3) is 4.29. The summed E-state index contributed by atoms with van der Waals surface area (Å²) in [4.78, 5) is 35.2. The summed E-state index contributed by atoms with van der Waals surface area (Å²) in [5, 5.41) is 6.32. The fourth-order valence-electron chi connectivity index (χ4n) is 3.27. The van der Waals surface area contributed by atoms with Crippen LogP contribution in [0.2, 0.25) is 0 Å². The minimum absolute atomic E-state index is 0.188. The number of benzene rings is 3. The van der Waals surface area contributed by atoms with Gasteiger partial charge in [-0.15, -0.1) is 0 Å². The number of hydrogen-bond acceptors (Lipinski definition) is 5. The molecule has 8 heteroatoms. The lowest BCUT2D eigenvalue weighted by atomic mass is 10.1. The third-order valence-corrected chi connectivity index (χ3v) is 5.48. The number of imide groups is 2. The molecule has 156 valence electrons. The zero-order chi connectivity index (χ0) is 22.0. The van der Waals surface area contributed by atoms with Crippen molar-refractivity contribution < 1.29 is 23.9 Å². The van der Waals surface area contributed by atoms with Crippen molar-refractivity contribution >= 4 is 50.6 Å². The fourth-order valence-corrected chi connectivity index (χ4v) is 3.71. The van der Waals surface area contributed by atoms with Gasteiger partial charge in [0.15, 0.2) is 11.5 Å². The van der Waals surface area contributed by atoms with Crippen molar-refractivity contribution in [3.8, 4) is 11.5 Å². The van der Waals surface area contributed by atoms with Crippen LogP contribution in [-0.2, 0) is 16.2 Å². The molecule has 1 heterocycles. The van der Waals surface area contributed by atoms with Gasteiger partial charge in [-0.25, -0.2) is 4.79 Å². The maximum Gasteiger partial charge on any atom is 0.328 e. The molecule has 0 spiro atoms. The number of nitrogens with one attached hydrogen (secondary N) is 2. The van der Waals surface area contributed by atoms with Gasteiger partial charge in [-0.2, -0.15) is 0 Å². The molecule has 1 aliphatic rings. The molecule has 0 unspecified atom stereocenters. The number of barbiturate groups is 1. The highest BCUT2D eigenvalue weighted by atomic mass is 79.9. The van der Waals surface area contributed by atoms with Gasteiger partial charge in [-0.1, -0.05) is 58.4 Å². The zero-order valence-corrected chi connectivity index (χ0v) is 18.0. The number of carbonyl (C=O) groups is 3. The van der Waals surface area contributed by atoms with Crippen LogP contribution in [0.3, 0.4) is 0 Å². The van der Waals surface area contributed by atoms with E-state index in [-0.39, 0.29) is 5.57 Å². The molecule has 0 saturated carbocycles. The summed E-state index contributed by atoms with van der Waals surface area (Å²) in [6, 6.07) is 16.6. The van der Waals surface area contributed by atoms with E-state index in [9.17, 15) is 14.4 Å². The highest BCUT2D eigenvalue weighted by Gasteiger charge is 2.28. The number of urea groups is 1. The van der Waals surface area contributed by atoms with E-state index in [1.54, 1.807) is 12.1 Å². The Balaban J connectivity index is 1.62. The van der Waals surface area contributed by atoms with Crippen LogP contribution >= 0.6 is 15.9 Å². The van der Waals surface area contributed by atoms with Crippen LogP contribution in [0.15, 0.2) is 64.6 Å². The minimum Gasteiger partial charge on any atom is -0.493 e. The second-order valence-corrected chi connectivity index (χ2v) is 7.60. The van der Waals surface area contributed by atoms with Gasteiger partial charge in [-0.05, 0) is 40.1 Å². The Labute approximate surface area is 186 Å². The molecular formula is C23H17BrN2O5. The number of rotatable bonds is 5. The predicted molar refractivity (Wildman–Crippen MR) is 119 cm³/mol. The maximum absolute atomic E-state index is 12.0. The van der Waals surface area contributed by atoms with E-state index in [2.05, 4.69) is 15.9 Å². The number of fused-ring (bicyclic) bond motifs is 1. The molecule has 31 heavy (non-hydrogen) atoms. The first kappa shape index (κ1) is 20.6. The summed E-state index contributed by atoms with van der Waals surface area (Å²) in [5.41, 5.74) is 1.36. The summed E-state index contributed by atoms with van der Waals surface area (Å²) in [6.07, 6.45) is 1.37. The molecule has 4 rings (SSSR count). The van der Waals surface area contributed by atoms with Gasteiger partial charge in [0.25, 0.3) is 11.8 Å². The van der Waals surface area contributed by atoms with Crippen LogP contribution in [0.4, 0.5) is 4.79 Å². The van der Waals surface area contributed by atoms with Crippen LogP contribution < -0.4 is 20.1 Å². The molecule has 0 aliphatic carbocycles. The van der Waals surface area contributed by atoms with Gasteiger partial charge in [0.2, 0.25) is 0 Å². The first-order valence-corrected chi connectivity index (χ1v) is 10.1. The van der Waals surface area contributed by atoms with Gasteiger partial charge in [0.1, 0.15) is 12.2 Å². The molecule has 4 amide bonds. The molecule has 3 aromatic rings. The SMILES string of the molecule is COc1cc(C=C2C(=O)NC(=O)NC2=O)c(Br)cc1OCc1cccc2ccccc12. The lowest BCUT2D eigenvalue weighted by Gasteiger charge is -2.16. The van der Waals surface area contributed by atoms with E-state index in [0.29, 0.717) is 28.1 Å². The van der Waals surface area contributed by atoms with Gasteiger partial charge in [-0.3, -0.25) is 20.2 Å². The van der Waals surface area contributed by atoms with Crippen molar-refractivity contribution in [2.45, 2.75) is 6.61 Å². The van der Waals surface area contributed by atoms with E-state index < -0.39 is 17.8 Å². The lowest BCUT2D eigenvalue weighted by molar-refractivity contribution is -0.123. The quantitative estimate of drug-likeness (QED) is 0.426. The Morgan fingerprint density at radius 3 is 2.39 bits per heavy atom. The topological polar surface area (TPSA) is 93.7 Å². The molecule has 0 radical (unpaired) electrons. The van der Waals surface area contributed by atoms with Crippen LogP contribution in [-0.4, -0.2) is 25.0 Å². The van der Waals surface area contributed by atoms with Crippen molar-refractivity contribution in [1.29, 1.82) is 0 Å². The Bertz CT molecular complexity index is 1220. The van der Waals surface area contributed by atoms with Crippen LogP contribution in [0.5, 0.6) is 11.5 Å². The second-order valence-electron chi connectivity index (χ2n) is 6.75. The van der Waals surface area contributed by atoms with Crippen molar-refractivity contribution in [3.63, 3.8) is 0 Å². The molecule has 1 fully saturated rings. The van der Waals surface area contributed by atoms with E-state index in [1.165, 1.54) is 13.2 Å². The highest BCUT2D eigenvalue weighted by Crippen LogP contribution is 2.35. The molecule has 3 aromatic carbocycles. The predicted octanol–water partition coefficient (Wildman–Crippen LogP) is 3.94. The third-order valence-electron chi connectivity index (χ3n) is 4.79. The van der Waals surface area contributed by atoms with Crippen molar-refractivity contribution in [1.82, 2.24) is 10.6 Å². The average Bonchev–Trinajstić information content (AvgIpc) is 2.75. The standard InChI is InChI=1S/C23H17BrN2O5/c1-30-19-10-15(9-17-21(27)25-23(29)26-22(17)28)18(24)11-20(19)31-12-14-7-4-6-13-5-2-3-8-16(13)14/h2-11H,12H2,1H3,(H2,25,26,27,28,29). The van der Waals surface area contributed by atoms with Crippen LogP contribution in [0.25, 0.3) is 16.8 Å². The fraction of sp³-hybridized carbons (Fsp3) is 0.0870. The van der Waals surface area contributed by atoms with E-state index >= 15 is 0 Å². The first-order chi connectivity index (χ1) is 15.0. The van der Waals surface area contributed by atoms with E-state index in [1.807, 2.05) is 53.1 Å². The minimum atomic E-state index is -0.846. The molecule has 0 aromatic heterocycles. The van der Waals surface area contributed by atoms with Crippen molar-refractivity contribution in [2.75, 3.05) is 7.11 Å². The molecule has 0 bridgehead atoms. The summed E-state index contributed by atoms with van der Waals surface area (Å²) in [7, 11) is 1.50. The maximum atomic E-state index is 12.0. The Morgan fingerprint density at radius 2 is 1.65 bits per heavy atom. The summed E-state index contributed by atoms with van der Waals surface area (Å²) in [5.74, 6) is -0.605. The smallest absolute Gasteiger partial charge is 0.328 e. The summed E-state index contributed by atoms with van der Waals surface area (Å²) >= 11 is 3.44. The highest BCUT2D eigenvalue weighted by molar-refractivity contribution is 9.10. The Morgan fingerprint density at radius 1 is 0.935 bits per heavy atom. The second kappa shape index (κ2) is 8.61. The normalized spacial score (nSPS) is 13.6. The van der Waals surface area contributed by atoms with Gasteiger partial charge >= 0.3 is 6.03 Å². The molecule has 0 atom stereocenters. The van der Waals surface area contributed by atoms with E-state index in [0.717, 1.165) is 16.3 Å². The monoisotopic (exact) mass is 480 g/mol. The van der Waals surface area contributed by atoms with Crippen molar-refractivity contribution in [3.05, 3.63) is 75.8 Å². The number of amides is 4.